The van der Waals surface area contributed by atoms with Crippen LogP contribution in [0.2, 0.25) is 0 Å². The Morgan fingerprint density at radius 2 is 1.55 bits per heavy atom. The monoisotopic (exact) mass is 518 g/mol. The fraction of sp³-hybridized carbons (Fsp3) is 0.548. The third kappa shape index (κ3) is 6.67. The zero-order chi connectivity index (χ0) is 27.5. The van der Waals surface area contributed by atoms with Crippen LogP contribution in [0.1, 0.15) is 88.7 Å². The maximum absolute atomic E-state index is 13.3. The first-order valence-electron chi connectivity index (χ1n) is 14.0. The van der Waals surface area contributed by atoms with E-state index in [0.717, 1.165) is 18.4 Å². The largest absolute Gasteiger partial charge is 0.478 e. The lowest BCUT2D eigenvalue weighted by Crippen LogP contribution is -2.60. The Balaban J connectivity index is 1.42. The van der Waals surface area contributed by atoms with E-state index in [1.54, 1.807) is 12.1 Å². The van der Waals surface area contributed by atoms with Gasteiger partial charge in [-0.1, -0.05) is 76.2 Å². The predicted octanol–water partition coefficient (Wildman–Crippen LogP) is 5.33. The molecule has 2 amide bonds. The number of amides is 2. The van der Waals surface area contributed by atoms with E-state index in [1.807, 2.05) is 48.5 Å². The Labute approximate surface area is 228 Å². The smallest absolute Gasteiger partial charge is 0.426 e. The molecule has 6 nitrogen and oxygen atoms in total. The molecule has 0 aromatic heterocycles. The normalized spacial score (nSPS) is 25.1. The average Bonchev–Trinajstić information content (AvgIpc) is 2.88. The van der Waals surface area contributed by atoms with E-state index >= 15 is 0 Å². The number of nitrogens with one attached hydrogen (secondary N) is 2. The SMILES string of the molecule is CC(C)CC(NC(=O)CC(NC(=O)c1ccccc1)c1ccccc1)B(O)OC1(C)CC2CC(C1)C2(C)C. The molecular formula is C31H43BN2O4. The van der Waals surface area contributed by atoms with Crippen molar-refractivity contribution in [3.8, 4) is 0 Å². The van der Waals surface area contributed by atoms with Crippen molar-refractivity contribution in [2.75, 3.05) is 0 Å². The van der Waals surface area contributed by atoms with E-state index in [4.69, 9.17) is 4.65 Å². The van der Waals surface area contributed by atoms with Gasteiger partial charge in [-0.25, -0.2) is 0 Å². The van der Waals surface area contributed by atoms with Crippen LogP contribution in [-0.4, -0.2) is 35.5 Å². The van der Waals surface area contributed by atoms with Crippen molar-refractivity contribution in [1.82, 2.24) is 10.6 Å². The standard InChI is InChI=1S/C31H43BN2O4/c1-21(2)16-27(32(37)38-31(5)19-24-17-25(20-31)30(24,3)4)34-28(35)18-26(22-12-8-6-9-13-22)33-29(36)23-14-10-7-11-15-23/h6-15,21,24-27,37H,16-20H2,1-5H3,(H,33,36)(H,34,35). The number of rotatable bonds is 11. The van der Waals surface area contributed by atoms with Crippen molar-refractivity contribution < 1.29 is 19.3 Å². The van der Waals surface area contributed by atoms with Gasteiger partial charge in [0.25, 0.3) is 5.91 Å². The van der Waals surface area contributed by atoms with Crippen molar-refractivity contribution >= 4 is 18.9 Å². The van der Waals surface area contributed by atoms with Gasteiger partial charge in [0.15, 0.2) is 0 Å². The summed E-state index contributed by atoms with van der Waals surface area (Å²) in [6.45, 7) is 10.9. The van der Waals surface area contributed by atoms with E-state index in [2.05, 4.69) is 45.3 Å². The van der Waals surface area contributed by atoms with Gasteiger partial charge in [0.1, 0.15) is 0 Å². The van der Waals surface area contributed by atoms with Gasteiger partial charge >= 0.3 is 7.12 Å². The minimum atomic E-state index is -1.10. The van der Waals surface area contributed by atoms with Crippen LogP contribution in [0.15, 0.2) is 60.7 Å². The number of benzene rings is 2. The Bertz CT molecular complexity index is 1080. The molecule has 2 aromatic carbocycles. The highest BCUT2D eigenvalue weighted by molar-refractivity contribution is 6.45. The highest BCUT2D eigenvalue weighted by Gasteiger charge is 2.57. The molecule has 0 aliphatic heterocycles. The molecule has 38 heavy (non-hydrogen) atoms. The zero-order valence-electron chi connectivity index (χ0n) is 23.4. The van der Waals surface area contributed by atoms with Crippen molar-refractivity contribution in [3.05, 3.63) is 71.8 Å². The molecule has 3 N–H and O–H groups in total. The second kappa shape index (κ2) is 11.6. The van der Waals surface area contributed by atoms with Crippen LogP contribution in [0.4, 0.5) is 0 Å². The molecule has 0 spiro atoms. The van der Waals surface area contributed by atoms with E-state index in [-0.39, 0.29) is 24.2 Å². The van der Waals surface area contributed by atoms with E-state index in [9.17, 15) is 14.6 Å². The van der Waals surface area contributed by atoms with Gasteiger partial charge in [-0.2, -0.15) is 0 Å². The van der Waals surface area contributed by atoms with Crippen LogP contribution in [0.25, 0.3) is 0 Å². The molecule has 4 atom stereocenters. The summed E-state index contributed by atoms with van der Waals surface area (Å²) in [6.07, 6.45) is 3.74. The zero-order valence-corrected chi connectivity index (χ0v) is 23.4. The van der Waals surface area contributed by atoms with Crippen LogP contribution in [0.5, 0.6) is 0 Å². The fourth-order valence-corrected chi connectivity index (χ4v) is 6.39. The summed E-state index contributed by atoms with van der Waals surface area (Å²) in [5.74, 6) is 0.465. The third-order valence-electron chi connectivity index (χ3n) is 8.78. The van der Waals surface area contributed by atoms with Gasteiger partial charge in [-0.15, -0.1) is 0 Å². The summed E-state index contributed by atoms with van der Waals surface area (Å²) in [4.78, 5) is 26.2. The Morgan fingerprint density at radius 1 is 0.974 bits per heavy atom. The first-order valence-corrected chi connectivity index (χ1v) is 14.0. The quantitative estimate of drug-likeness (QED) is 0.351. The van der Waals surface area contributed by atoms with Crippen LogP contribution in [-0.2, 0) is 9.45 Å². The number of hydrogen-bond donors (Lipinski definition) is 3. The lowest BCUT2D eigenvalue weighted by atomic mass is 9.46. The van der Waals surface area contributed by atoms with Crippen LogP contribution >= 0.6 is 0 Å². The third-order valence-corrected chi connectivity index (χ3v) is 8.78. The van der Waals surface area contributed by atoms with Gasteiger partial charge in [-0.05, 0) is 73.5 Å². The summed E-state index contributed by atoms with van der Waals surface area (Å²) in [6, 6.07) is 18.0. The molecule has 4 unspecified atom stereocenters. The molecule has 204 valence electrons. The van der Waals surface area contributed by atoms with Gasteiger partial charge in [0.2, 0.25) is 5.91 Å². The van der Waals surface area contributed by atoms with Crippen LogP contribution in [0, 0.1) is 23.2 Å². The van der Waals surface area contributed by atoms with Crippen molar-refractivity contribution in [2.45, 2.75) is 84.3 Å². The molecule has 3 aliphatic carbocycles. The molecule has 3 aliphatic rings. The Hall–Kier alpha value is -2.64. The number of fused-ring (bicyclic) bond motifs is 2. The van der Waals surface area contributed by atoms with Gasteiger partial charge in [0, 0.05) is 5.56 Å². The molecule has 2 bridgehead atoms. The summed E-state index contributed by atoms with van der Waals surface area (Å²) in [5, 5.41) is 17.3. The molecule has 3 saturated carbocycles. The maximum Gasteiger partial charge on any atom is 0.478 e. The lowest BCUT2D eigenvalue weighted by Gasteiger charge is -2.62. The highest BCUT2D eigenvalue weighted by Crippen LogP contribution is 2.62. The summed E-state index contributed by atoms with van der Waals surface area (Å²) in [7, 11) is -1.10. The molecule has 7 heteroatoms. The van der Waals surface area contributed by atoms with Crippen LogP contribution in [0.3, 0.4) is 0 Å². The summed E-state index contributed by atoms with van der Waals surface area (Å²) in [5.41, 5.74) is 1.34. The van der Waals surface area contributed by atoms with Gasteiger partial charge in [0.05, 0.1) is 24.0 Å². The van der Waals surface area contributed by atoms with Crippen LogP contribution < -0.4 is 10.6 Å². The second-order valence-corrected chi connectivity index (χ2v) is 12.6. The van der Waals surface area contributed by atoms with Crippen molar-refractivity contribution in [2.24, 2.45) is 23.2 Å². The molecule has 0 saturated heterocycles. The lowest BCUT2D eigenvalue weighted by molar-refractivity contribution is -0.153. The Morgan fingerprint density at radius 3 is 2.11 bits per heavy atom. The van der Waals surface area contributed by atoms with Gasteiger partial charge < -0.3 is 20.3 Å². The molecule has 0 heterocycles. The average molecular weight is 519 g/mol. The van der Waals surface area contributed by atoms with E-state index < -0.39 is 24.7 Å². The predicted molar refractivity (Wildman–Crippen MR) is 151 cm³/mol. The minimum absolute atomic E-state index is 0.0551. The summed E-state index contributed by atoms with van der Waals surface area (Å²) >= 11 is 0. The fourth-order valence-electron chi connectivity index (χ4n) is 6.39. The van der Waals surface area contributed by atoms with E-state index in [0.29, 0.717) is 29.2 Å². The van der Waals surface area contributed by atoms with Crippen molar-refractivity contribution in [3.63, 3.8) is 0 Å². The van der Waals surface area contributed by atoms with E-state index in [1.165, 1.54) is 6.42 Å². The molecular weight excluding hydrogens is 475 g/mol. The molecule has 5 rings (SSSR count). The maximum atomic E-state index is 13.3. The Kier molecular flexibility index (Phi) is 8.68. The summed E-state index contributed by atoms with van der Waals surface area (Å²) < 4.78 is 6.32. The van der Waals surface area contributed by atoms with Gasteiger partial charge in [-0.3, -0.25) is 9.59 Å². The highest BCUT2D eigenvalue weighted by atomic mass is 16.5. The number of carbonyl (C=O) groups is 2. The molecule has 2 aromatic rings. The number of carbonyl (C=O) groups excluding carboxylic acids is 2. The van der Waals surface area contributed by atoms with Crippen molar-refractivity contribution in [1.29, 1.82) is 0 Å². The first-order chi connectivity index (χ1) is 18.0. The first kappa shape index (κ1) is 28.4. The molecule has 0 radical (unpaired) electrons. The topological polar surface area (TPSA) is 87.7 Å². The molecule has 3 fully saturated rings. The second-order valence-electron chi connectivity index (χ2n) is 12.6. The minimum Gasteiger partial charge on any atom is -0.426 e. The number of hydrogen-bond acceptors (Lipinski definition) is 4.